The van der Waals surface area contributed by atoms with Crippen LogP contribution >= 0.6 is 0 Å². The highest BCUT2D eigenvalue weighted by Gasteiger charge is 2.23. The van der Waals surface area contributed by atoms with E-state index in [1.807, 2.05) is 6.07 Å². The van der Waals surface area contributed by atoms with Gasteiger partial charge in [0.2, 0.25) is 0 Å². The molecule has 1 amide bonds. The van der Waals surface area contributed by atoms with Crippen LogP contribution in [0.5, 0.6) is 5.75 Å². The van der Waals surface area contributed by atoms with Crippen LogP contribution in [-0.2, 0) is 9.53 Å². The molecule has 0 N–H and O–H groups in total. The Labute approximate surface area is 154 Å². The Morgan fingerprint density at radius 1 is 1.27 bits per heavy atom. The van der Waals surface area contributed by atoms with Crippen LogP contribution in [-0.4, -0.2) is 67.7 Å². The number of benzene rings is 1. The number of hydrogen-bond donors (Lipinski definition) is 0. The number of carbonyl (C=O) groups excluding carboxylic acids is 1. The summed E-state index contributed by atoms with van der Waals surface area (Å²) >= 11 is 0. The fraction of sp³-hybridized carbons (Fsp3) is 0.526. The van der Waals surface area contributed by atoms with Crippen molar-refractivity contribution in [3.8, 4) is 17.9 Å². The van der Waals surface area contributed by atoms with E-state index in [1.165, 1.54) is 0 Å². The van der Waals surface area contributed by atoms with E-state index in [2.05, 4.69) is 11.0 Å². The van der Waals surface area contributed by atoms with Gasteiger partial charge >= 0.3 is 0 Å². The van der Waals surface area contributed by atoms with Crippen LogP contribution in [0.2, 0.25) is 0 Å². The molecule has 0 aromatic heterocycles. The summed E-state index contributed by atoms with van der Waals surface area (Å²) in [5.41, 5.74) is 0.539. The molecule has 0 bridgehead atoms. The van der Waals surface area contributed by atoms with Gasteiger partial charge in [-0.2, -0.15) is 10.5 Å². The minimum atomic E-state index is -0.661. The standard InChI is InChI=1S/C19H24N4O3/c1-16(26-18-5-3-17(15-21)4-6-18)19(24)23(8-2-7-20)10-9-22-11-13-25-14-12-22/h3-6,16H,2,8-14H2,1H3. The van der Waals surface area contributed by atoms with Crippen molar-refractivity contribution in [3.63, 3.8) is 0 Å². The summed E-state index contributed by atoms with van der Waals surface area (Å²) in [7, 11) is 0. The molecule has 0 radical (unpaired) electrons. The third-order valence-corrected chi connectivity index (χ3v) is 4.24. The molecule has 1 aliphatic rings. The molecule has 0 saturated carbocycles. The summed E-state index contributed by atoms with van der Waals surface area (Å²) in [5, 5.41) is 17.7. The summed E-state index contributed by atoms with van der Waals surface area (Å²) in [6.45, 7) is 6.55. The number of nitrogens with zero attached hydrogens (tertiary/aromatic N) is 4. The van der Waals surface area contributed by atoms with E-state index in [1.54, 1.807) is 36.1 Å². The van der Waals surface area contributed by atoms with Crippen molar-refractivity contribution in [2.45, 2.75) is 19.4 Å². The molecule has 1 saturated heterocycles. The fourth-order valence-electron chi connectivity index (χ4n) is 2.72. The first-order chi connectivity index (χ1) is 12.6. The highest BCUT2D eigenvalue weighted by molar-refractivity contribution is 5.81. The van der Waals surface area contributed by atoms with Gasteiger partial charge in [0.15, 0.2) is 6.10 Å². The zero-order valence-corrected chi connectivity index (χ0v) is 15.1. The Hall–Kier alpha value is -2.61. The van der Waals surface area contributed by atoms with E-state index < -0.39 is 6.10 Å². The van der Waals surface area contributed by atoms with Crippen LogP contribution in [0.15, 0.2) is 24.3 Å². The zero-order valence-electron chi connectivity index (χ0n) is 15.1. The summed E-state index contributed by atoms with van der Waals surface area (Å²) < 4.78 is 11.0. The molecule has 7 nitrogen and oxygen atoms in total. The van der Waals surface area contributed by atoms with Crippen molar-refractivity contribution in [3.05, 3.63) is 29.8 Å². The lowest BCUT2D eigenvalue weighted by atomic mass is 10.2. The Bertz CT molecular complexity index is 657. The van der Waals surface area contributed by atoms with Crippen LogP contribution in [0.25, 0.3) is 0 Å². The van der Waals surface area contributed by atoms with Gasteiger partial charge in [-0.15, -0.1) is 0 Å². The maximum Gasteiger partial charge on any atom is 0.263 e. The van der Waals surface area contributed by atoms with E-state index in [0.717, 1.165) is 19.6 Å². The predicted molar refractivity (Wildman–Crippen MR) is 95.3 cm³/mol. The Morgan fingerprint density at radius 2 is 1.96 bits per heavy atom. The lowest BCUT2D eigenvalue weighted by Crippen LogP contribution is -2.46. The average molecular weight is 356 g/mol. The molecule has 2 rings (SSSR count). The fourth-order valence-corrected chi connectivity index (χ4v) is 2.72. The van der Waals surface area contributed by atoms with Gasteiger partial charge in [-0.25, -0.2) is 0 Å². The number of hydrogen-bond acceptors (Lipinski definition) is 6. The van der Waals surface area contributed by atoms with Gasteiger partial charge in [-0.1, -0.05) is 0 Å². The monoisotopic (exact) mass is 356 g/mol. The van der Waals surface area contributed by atoms with E-state index in [0.29, 0.717) is 44.0 Å². The smallest absolute Gasteiger partial charge is 0.263 e. The Balaban J connectivity index is 1.92. The molecule has 1 fully saturated rings. The SMILES string of the molecule is CC(Oc1ccc(C#N)cc1)C(=O)N(CCC#N)CCN1CCOCC1. The number of amides is 1. The van der Waals surface area contributed by atoms with E-state index in [-0.39, 0.29) is 5.91 Å². The van der Waals surface area contributed by atoms with Gasteiger partial charge < -0.3 is 14.4 Å². The number of nitriles is 2. The van der Waals surface area contributed by atoms with E-state index in [4.69, 9.17) is 20.0 Å². The maximum atomic E-state index is 12.7. The molecule has 1 atom stereocenters. The van der Waals surface area contributed by atoms with Crippen LogP contribution in [0, 0.1) is 22.7 Å². The third kappa shape index (κ3) is 6.03. The normalized spacial score (nSPS) is 15.5. The van der Waals surface area contributed by atoms with Gasteiger partial charge in [0.1, 0.15) is 5.75 Å². The van der Waals surface area contributed by atoms with E-state index >= 15 is 0 Å². The highest BCUT2D eigenvalue weighted by Crippen LogP contribution is 2.14. The second-order valence-corrected chi connectivity index (χ2v) is 6.08. The molecular formula is C19H24N4O3. The van der Waals surface area contributed by atoms with Crippen molar-refractivity contribution in [1.82, 2.24) is 9.80 Å². The molecule has 26 heavy (non-hydrogen) atoms. The summed E-state index contributed by atoms with van der Waals surface area (Å²) in [6, 6.07) is 10.8. The molecule has 7 heteroatoms. The number of morpholine rings is 1. The zero-order chi connectivity index (χ0) is 18.8. The van der Waals surface area contributed by atoms with E-state index in [9.17, 15) is 4.79 Å². The van der Waals surface area contributed by atoms with Gasteiger partial charge in [0.25, 0.3) is 5.91 Å². The number of rotatable bonds is 8. The van der Waals surface area contributed by atoms with Crippen LogP contribution < -0.4 is 4.74 Å². The summed E-state index contributed by atoms with van der Waals surface area (Å²) in [4.78, 5) is 16.7. The Kier molecular flexibility index (Phi) is 7.88. The van der Waals surface area contributed by atoms with Crippen LogP contribution in [0.3, 0.4) is 0 Å². The minimum absolute atomic E-state index is 0.141. The van der Waals surface area contributed by atoms with Crippen LogP contribution in [0.4, 0.5) is 0 Å². The van der Waals surface area contributed by atoms with Crippen molar-refractivity contribution in [1.29, 1.82) is 10.5 Å². The summed E-state index contributed by atoms with van der Waals surface area (Å²) in [5.74, 6) is 0.399. The lowest BCUT2D eigenvalue weighted by molar-refractivity contribution is -0.138. The number of carbonyl (C=O) groups is 1. The molecular weight excluding hydrogens is 332 g/mol. The molecule has 1 aromatic rings. The third-order valence-electron chi connectivity index (χ3n) is 4.24. The molecule has 1 heterocycles. The lowest BCUT2D eigenvalue weighted by Gasteiger charge is -2.31. The second-order valence-electron chi connectivity index (χ2n) is 6.08. The van der Waals surface area contributed by atoms with Gasteiger partial charge in [-0.3, -0.25) is 9.69 Å². The predicted octanol–water partition coefficient (Wildman–Crippen LogP) is 1.40. The molecule has 1 aromatic carbocycles. The second kappa shape index (κ2) is 10.4. The first-order valence-electron chi connectivity index (χ1n) is 8.76. The van der Waals surface area contributed by atoms with Gasteiger partial charge in [0.05, 0.1) is 37.3 Å². The summed E-state index contributed by atoms with van der Waals surface area (Å²) in [6.07, 6.45) is -0.371. The highest BCUT2D eigenvalue weighted by atomic mass is 16.5. The molecule has 1 unspecified atom stereocenters. The first-order valence-corrected chi connectivity index (χ1v) is 8.76. The van der Waals surface area contributed by atoms with Gasteiger partial charge in [0, 0.05) is 32.7 Å². The number of ether oxygens (including phenoxy) is 2. The quantitative estimate of drug-likeness (QED) is 0.699. The Morgan fingerprint density at radius 3 is 2.58 bits per heavy atom. The van der Waals surface area contributed by atoms with Crippen molar-refractivity contribution < 1.29 is 14.3 Å². The van der Waals surface area contributed by atoms with Crippen LogP contribution in [0.1, 0.15) is 18.9 Å². The largest absolute Gasteiger partial charge is 0.481 e. The molecule has 0 aliphatic carbocycles. The topological polar surface area (TPSA) is 89.6 Å². The van der Waals surface area contributed by atoms with Gasteiger partial charge in [-0.05, 0) is 31.2 Å². The molecule has 1 aliphatic heterocycles. The average Bonchev–Trinajstić information content (AvgIpc) is 2.69. The minimum Gasteiger partial charge on any atom is -0.481 e. The maximum absolute atomic E-state index is 12.7. The first kappa shape index (κ1) is 19.7. The van der Waals surface area contributed by atoms with Crippen molar-refractivity contribution >= 4 is 5.91 Å². The van der Waals surface area contributed by atoms with Crippen molar-refractivity contribution in [2.75, 3.05) is 45.9 Å². The molecule has 0 spiro atoms. The molecule has 138 valence electrons. The van der Waals surface area contributed by atoms with Crippen molar-refractivity contribution in [2.24, 2.45) is 0 Å².